The molecule has 11 heteroatoms. The standard InChI is InChI=1S/C29H34Cl2N4O4.ClH/c1-33-26(22-6-4-19(28(37)39-2)16-23(22)27(33)36)21(18-5-7-24(30)25(31)17-18)10-15-34-13-8-20(9-14-34)35-12-3-11-32-29(35)38;/h4-7,16-17,20-21,26H,3,8-15H2,1-2H3,(H,32,38);1H. The molecule has 3 aliphatic rings. The van der Waals surface area contributed by atoms with Gasteiger partial charge in [0.1, 0.15) is 0 Å². The van der Waals surface area contributed by atoms with Crippen LogP contribution in [0.1, 0.15) is 69.5 Å². The molecule has 3 aliphatic heterocycles. The van der Waals surface area contributed by atoms with Crippen LogP contribution in [0.4, 0.5) is 4.79 Å². The van der Waals surface area contributed by atoms with E-state index in [1.807, 2.05) is 30.1 Å². The number of amides is 3. The summed E-state index contributed by atoms with van der Waals surface area (Å²) in [4.78, 5) is 44.0. The summed E-state index contributed by atoms with van der Waals surface area (Å²) in [5, 5.41) is 3.93. The van der Waals surface area contributed by atoms with Crippen molar-refractivity contribution >= 4 is 53.5 Å². The van der Waals surface area contributed by atoms with Crippen LogP contribution >= 0.6 is 35.6 Å². The lowest BCUT2D eigenvalue weighted by Crippen LogP contribution is -2.54. The van der Waals surface area contributed by atoms with Crippen molar-refractivity contribution in [1.29, 1.82) is 0 Å². The highest BCUT2D eigenvalue weighted by Gasteiger charge is 2.40. The second-order valence-electron chi connectivity index (χ2n) is 10.6. The highest BCUT2D eigenvalue weighted by atomic mass is 35.5. The van der Waals surface area contributed by atoms with Gasteiger partial charge in [0, 0.05) is 50.7 Å². The molecule has 3 amide bonds. The molecule has 8 nitrogen and oxygen atoms in total. The molecule has 216 valence electrons. The number of hydrogen-bond donors (Lipinski definition) is 1. The Morgan fingerprint density at radius 1 is 1.07 bits per heavy atom. The van der Waals surface area contributed by atoms with Gasteiger partial charge >= 0.3 is 12.0 Å². The number of nitrogens with one attached hydrogen (secondary N) is 1. The van der Waals surface area contributed by atoms with Gasteiger partial charge in [-0.15, -0.1) is 12.4 Å². The molecule has 0 radical (unpaired) electrons. The number of nitrogens with zero attached hydrogens (tertiary/aromatic N) is 3. The van der Waals surface area contributed by atoms with Crippen LogP contribution in [-0.2, 0) is 4.74 Å². The molecule has 40 heavy (non-hydrogen) atoms. The smallest absolute Gasteiger partial charge is 0.337 e. The molecule has 0 bridgehead atoms. The van der Waals surface area contributed by atoms with Crippen LogP contribution in [0.3, 0.4) is 0 Å². The molecule has 2 aromatic rings. The van der Waals surface area contributed by atoms with Crippen LogP contribution in [0, 0.1) is 0 Å². The lowest BCUT2D eigenvalue weighted by molar-refractivity contribution is 0.0600. The number of esters is 1. The fraction of sp³-hybridized carbons (Fsp3) is 0.483. The van der Waals surface area contributed by atoms with Crippen molar-refractivity contribution in [3.05, 3.63) is 68.7 Å². The zero-order chi connectivity index (χ0) is 27.7. The Bertz CT molecular complexity index is 1270. The fourth-order valence-corrected chi connectivity index (χ4v) is 6.58. The normalized spacial score (nSPS) is 20.6. The molecule has 0 saturated carbocycles. The Morgan fingerprint density at radius 3 is 2.50 bits per heavy atom. The third kappa shape index (κ3) is 6.05. The first-order valence-corrected chi connectivity index (χ1v) is 14.2. The molecule has 3 heterocycles. The van der Waals surface area contributed by atoms with Gasteiger partial charge in [-0.1, -0.05) is 35.3 Å². The summed E-state index contributed by atoms with van der Waals surface area (Å²) in [5.41, 5.74) is 2.78. The van der Waals surface area contributed by atoms with Gasteiger partial charge in [-0.05, 0) is 67.6 Å². The maximum Gasteiger partial charge on any atom is 0.337 e. The average molecular weight is 610 g/mol. The second-order valence-corrected chi connectivity index (χ2v) is 11.4. The molecule has 2 atom stereocenters. The van der Waals surface area contributed by atoms with Crippen molar-refractivity contribution in [1.82, 2.24) is 20.0 Å². The number of likely N-dealkylation sites (N-methyl/N-ethyl adjacent to an activating group) is 1. The van der Waals surface area contributed by atoms with Crippen LogP contribution in [-0.4, -0.2) is 85.5 Å². The maximum atomic E-state index is 13.3. The summed E-state index contributed by atoms with van der Waals surface area (Å²) >= 11 is 12.7. The van der Waals surface area contributed by atoms with Crippen LogP contribution in [0.2, 0.25) is 10.0 Å². The van der Waals surface area contributed by atoms with Gasteiger partial charge in [-0.2, -0.15) is 0 Å². The van der Waals surface area contributed by atoms with Crippen LogP contribution in [0.25, 0.3) is 0 Å². The SMILES string of the molecule is COC(=O)c1ccc2c(c1)C(=O)N(C)C2C(CCN1CCC(N2CCCNC2=O)CC1)c1ccc(Cl)c(Cl)c1.Cl. The van der Waals surface area contributed by atoms with Crippen molar-refractivity contribution in [2.24, 2.45) is 0 Å². The first kappa shape index (κ1) is 30.4. The highest BCUT2D eigenvalue weighted by Crippen LogP contribution is 2.45. The zero-order valence-electron chi connectivity index (χ0n) is 22.7. The number of hydrogen-bond acceptors (Lipinski definition) is 5. The van der Waals surface area contributed by atoms with Crippen LogP contribution < -0.4 is 5.32 Å². The number of fused-ring (bicyclic) bond motifs is 1. The van der Waals surface area contributed by atoms with Gasteiger partial charge in [0.05, 0.1) is 28.8 Å². The topological polar surface area (TPSA) is 82.2 Å². The van der Waals surface area contributed by atoms with Gasteiger partial charge in [0.25, 0.3) is 5.91 Å². The van der Waals surface area contributed by atoms with E-state index in [1.165, 1.54) is 7.11 Å². The number of urea groups is 1. The lowest BCUT2D eigenvalue weighted by Gasteiger charge is -2.40. The first-order chi connectivity index (χ1) is 18.8. The predicted molar refractivity (Wildman–Crippen MR) is 158 cm³/mol. The number of benzene rings is 2. The molecular weight excluding hydrogens is 575 g/mol. The Hall–Kier alpha value is -2.52. The Kier molecular flexibility index (Phi) is 9.88. The van der Waals surface area contributed by atoms with E-state index in [0.29, 0.717) is 21.2 Å². The van der Waals surface area contributed by atoms with Gasteiger partial charge in [0.2, 0.25) is 0 Å². The van der Waals surface area contributed by atoms with E-state index in [-0.39, 0.29) is 42.3 Å². The first-order valence-electron chi connectivity index (χ1n) is 13.5. The van der Waals surface area contributed by atoms with Crippen molar-refractivity contribution in [3.8, 4) is 0 Å². The van der Waals surface area contributed by atoms with E-state index >= 15 is 0 Å². The molecule has 1 N–H and O–H groups in total. The molecule has 2 fully saturated rings. The summed E-state index contributed by atoms with van der Waals surface area (Å²) in [6.07, 6.45) is 3.69. The summed E-state index contributed by atoms with van der Waals surface area (Å²) in [6.45, 7) is 4.27. The summed E-state index contributed by atoms with van der Waals surface area (Å²) in [7, 11) is 3.14. The average Bonchev–Trinajstić information content (AvgIpc) is 3.20. The molecule has 0 spiro atoms. The number of rotatable bonds is 7. The molecule has 2 unspecified atom stereocenters. The predicted octanol–water partition coefficient (Wildman–Crippen LogP) is 5.38. The lowest BCUT2D eigenvalue weighted by atomic mass is 9.84. The van der Waals surface area contributed by atoms with Crippen molar-refractivity contribution in [3.63, 3.8) is 0 Å². The number of carbonyl (C=O) groups is 3. The minimum Gasteiger partial charge on any atom is -0.465 e. The number of carbonyl (C=O) groups excluding carboxylic acids is 3. The minimum atomic E-state index is -0.469. The summed E-state index contributed by atoms with van der Waals surface area (Å²) in [5.74, 6) is -0.626. The number of methoxy groups -OCH3 is 1. The van der Waals surface area contributed by atoms with E-state index in [0.717, 1.165) is 69.5 Å². The van der Waals surface area contributed by atoms with E-state index in [4.69, 9.17) is 27.9 Å². The second kappa shape index (κ2) is 13.0. The van der Waals surface area contributed by atoms with Crippen molar-refractivity contribution < 1.29 is 19.1 Å². The van der Waals surface area contributed by atoms with Crippen molar-refractivity contribution in [2.75, 3.05) is 46.9 Å². The zero-order valence-corrected chi connectivity index (χ0v) is 25.0. The molecule has 2 saturated heterocycles. The van der Waals surface area contributed by atoms with Gasteiger partial charge in [-0.3, -0.25) is 4.79 Å². The van der Waals surface area contributed by atoms with E-state index in [9.17, 15) is 14.4 Å². The van der Waals surface area contributed by atoms with Crippen LogP contribution in [0.5, 0.6) is 0 Å². The molecule has 0 aliphatic carbocycles. The largest absolute Gasteiger partial charge is 0.465 e. The monoisotopic (exact) mass is 608 g/mol. The third-order valence-corrected chi connectivity index (χ3v) is 9.12. The molecule has 5 rings (SSSR count). The fourth-order valence-electron chi connectivity index (χ4n) is 6.28. The Labute approximate surface area is 251 Å². The van der Waals surface area contributed by atoms with Crippen LogP contribution in [0.15, 0.2) is 36.4 Å². The third-order valence-electron chi connectivity index (χ3n) is 8.38. The van der Waals surface area contributed by atoms with Gasteiger partial charge in [0.15, 0.2) is 0 Å². The number of piperidine rings is 1. The van der Waals surface area contributed by atoms with Gasteiger partial charge in [-0.25, -0.2) is 9.59 Å². The maximum absolute atomic E-state index is 13.3. The van der Waals surface area contributed by atoms with E-state index in [1.54, 1.807) is 23.1 Å². The molecular formula is C29H35Cl3N4O4. The van der Waals surface area contributed by atoms with Crippen molar-refractivity contribution in [2.45, 2.75) is 43.7 Å². The Morgan fingerprint density at radius 2 is 1.82 bits per heavy atom. The summed E-state index contributed by atoms with van der Waals surface area (Å²) < 4.78 is 4.86. The minimum absolute atomic E-state index is 0. The van der Waals surface area contributed by atoms with E-state index < -0.39 is 5.97 Å². The van der Waals surface area contributed by atoms with E-state index in [2.05, 4.69) is 10.2 Å². The van der Waals surface area contributed by atoms with Gasteiger partial charge < -0.3 is 24.8 Å². The quantitative estimate of drug-likeness (QED) is 0.426. The number of ether oxygens (including phenoxy) is 1. The molecule has 2 aromatic carbocycles. The number of halogens is 3. The summed E-state index contributed by atoms with van der Waals surface area (Å²) in [6, 6.07) is 11.0. The Balaban J connectivity index is 0.00000370. The number of likely N-dealkylation sites (tertiary alicyclic amines) is 1. The highest BCUT2D eigenvalue weighted by molar-refractivity contribution is 6.42. The molecule has 0 aromatic heterocycles.